The van der Waals surface area contributed by atoms with Crippen LogP contribution >= 0.6 is 0 Å². The fourth-order valence-electron chi connectivity index (χ4n) is 2.19. The number of pyridine rings is 1. The molecule has 2 aromatic heterocycles. The van der Waals surface area contributed by atoms with Gasteiger partial charge in [0.1, 0.15) is 0 Å². The van der Waals surface area contributed by atoms with E-state index >= 15 is 0 Å². The van der Waals surface area contributed by atoms with Crippen LogP contribution in [0.3, 0.4) is 0 Å². The van der Waals surface area contributed by atoms with Crippen LogP contribution in [0.25, 0.3) is 17.3 Å². The van der Waals surface area contributed by atoms with Crippen molar-refractivity contribution in [2.24, 2.45) is 0 Å². The van der Waals surface area contributed by atoms with Gasteiger partial charge in [-0.2, -0.15) is 0 Å². The summed E-state index contributed by atoms with van der Waals surface area (Å²) >= 11 is 0. The molecule has 0 bridgehead atoms. The zero-order valence-electron chi connectivity index (χ0n) is 12.4. The molecule has 0 aliphatic carbocycles. The van der Waals surface area contributed by atoms with E-state index in [1.54, 1.807) is 18.3 Å². The van der Waals surface area contributed by atoms with E-state index in [2.05, 4.69) is 9.72 Å². The fourth-order valence-corrected chi connectivity index (χ4v) is 2.19. The smallest absolute Gasteiger partial charge is 0.421 e. The molecule has 0 N–H and O–H groups in total. The molecule has 0 unspecified atom stereocenters. The standard InChI is InChI=1S/C17H14N2O4/c1-22-15(20)8-7-13-9-14-16(18-10-13)19(17(21)23-14)11-12-5-3-2-4-6-12/h2-10H,11H2,1H3/b8-7+. The van der Waals surface area contributed by atoms with Crippen molar-refractivity contribution in [2.75, 3.05) is 7.11 Å². The van der Waals surface area contributed by atoms with Gasteiger partial charge in [0.25, 0.3) is 0 Å². The number of aromatic nitrogens is 2. The van der Waals surface area contributed by atoms with E-state index < -0.39 is 11.7 Å². The fraction of sp³-hybridized carbons (Fsp3) is 0.118. The number of oxazole rings is 1. The molecule has 0 radical (unpaired) electrons. The molecule has 0 aliphatic heterocycles. The molecule has 0 atom stereocenters. The molecule has 0 amide bonds. The summed E-state index contributed by atoms with van der Waals surface area (Å²) in [5, 5.41) is 0. The van der Waals surface area contributed by atoms with Gasteiger partial charge in [0, 0.05) is 12.3 Å². The Hall–Kier alpha value is -3.15. The van der Waals surface area contributed by atoms with Crippen molar-refractivity contribution in [1.29, 1.82) is 0 Å². The number of hydrogen-bond acceptors (Lipinski definition) is 5. The van der Waals surface area contributed by atoms with E-state index in [9.17, 15) is 9.59 Å². The van der Waals surface area contributed by atoms with E-state index in [1.807, 2.05) is 30.3 Å². The SMILES string of the molecule is COC(=O)/C=C/c1cnc2c(c1)oc(=O)n2Cc1ccccc1. The predicted molar refractivity (Wildman–Crippen MR) is 84.9 cm³/mol. The Morgan fingerprint density at radius 3 is 2.87 bits per heavy atom. The van der Waals surface area contributed by atoms with Gasteiger partial charge in [-0.15, -0.1) is 0 Å². The quantitative estimate of drug-likeness (QED) is 0.545. The number of benzene rings is 1. The van der Waals surface area contributed by atoms with Crippen molar-refractivity contribution in [3.05, 3.63) is 70.3 Å². The van der Waals surface area contributed by atoms with Crippen LogP contribution in [-0.4, -0.2) is 22.6 Å². The third-order valence-electron chi connectivity index (χ3n) is 3.32. The van der Waals surface area contributed by atoms with Gasteiger partial charge < -0.3 is 9.15 Å². The third-order valence-corrected chi connectivity index (χ3v) is 3.32. The van der Waals surface area contributed by atoms with Crippen LogP contribution in [0.5, 0.6) is 0 Å². The highest BCUT2D eigenvalue weighted by Gasteiger charge is 2.11. The lowest BCUT2D eigenvalue weighted by molar-refractivity contribution is -0.134. The predicted octanol–water partition coefficient (Wildman–Crippen LogP) is 2.22. The van der Waals surface area contributed by atoms with Gasteiger partial charge in [-0.25, -0.2) is 14.6 Å². The topological polar surface area (TPSA) is 74.3 Å². The van der Waals surface area contributed by atoms with Crippen molar-refractivity contribution in [3.63, 3.8) is 0 Å². The molecular weight excluding hydrogens is 296 g/mol. The van der Waals surface area contributed by atoms with Gasteiger partial charge in [0.05, 0.1) is 13.7 Å². The Labute approximate surface area is 131 Å². The highest BCUT2D eigenvalue weighted by Crippen LogP contribution is 2.14. The van der Waals surface area contributed by atoms with Crippen LogP contribution in [0, 0.1) is 0 Å². The Kier molecular flexibility index (Phi) is 4.05. The van der Waals surface area contributed by atoms with E-state index in [0.29, 0.717) is 23.3 Å². The van der Waals surface area contributed by atoms with Crippen LogP contribution in [-0.2, 0) is 16.1 Å². The number of carbonyl (C=O) groups excluding carboxylic acids is 1. The summed E-state index contributed by atoms with van der Waals surface area (Å²) < 4.78 is 11.2. The average molecular weight is 310 g/mol. The maximum atomic E-state index is 12.0. The summed E-state index contributed by atoms with van der Waals surface area (Å²) in [4.78, 5) is 27.4. The molecule has 0 spiro atoms. The molecule has 2 heterocycles. The summed E-state index contributed by atoms with van der Waals surface area (Å²) in [6.45, 7) is 0.386. The maximum Gasteiger partial charge on any atom is 0.421 e. The maximum absolute atomic E-state index is 12.0. The largest absolute Gasteiger partial charge is 0.466 e. The van der Waals surface area contributed by atoms with Crippen molar-refractivity contribution in [1.82, 2.24) is 9.55 Å². The molecule has 3 aromatic rings. The van der Waals surface area contributed by atoms with Gasteiger partial charge >= 0.3 is 11.7 Å². The van der Waals surface area contributed by atoms with E-state index in [0.717, 1.165) is 5.56 Å². The van der Waals surface area contributed by atoms with E-state index in [-0.39, 0.29) is 0 Å². The first-order valence-electron chi connectivity index (χ1n) is 6.97. The van der Waals surface area contributed by atoms with Gasteiger partial charge in [-0.3, -0.25) is 4.57 Å². The first-order valence-corrected chi connectivity index (χ1v) is 6.97. The van der Waals surface area contributed by atoms with Crippen LogP contribution in [0.2, 0.25) is 0 Å². The number of esters is 1. The summed E-state index contributed by atoms with van der Waals surface area (Å²) in [5.41, 5.74) is 2.46. The van der Waals surface area contributed by atoms with Crippen LogP contribution in [0.15, 0.2) is 57.9 Å². The lowest BCUT2D eigenvalue weighted by Gasteiger charge is -2.01. The third kappa shape index (κ3) is 3.21. The highest BCUT2D eigenvalue weighted by atomic mass is 16.5. The molecule has 3 rings (SSSR count). The number of carbonyl (C=O) groups is 1. The lowest BCUT2D eigenvalue weighted by Crippen LogP contribution is -2.15. The number of fused-ring (bicyclic) bond motifs is 1. The minimum absolute atomic E-state index is 0.373. The Morgan fingerprint density at radius 1 is 1.35 bits per heavy atom. The Bertz CT molecular complexity index is 923. The van der Waals surface area contributed by atoms with E-state index in [4.69, 9.17) is 4.42 Å². The van der Waals surface area contributed by atoms with Crippen LogP contribution in [0.4, 0.5) is 0 Å². The van der Waals surface area contributed by atoms with Crippen molar-refractivity contribution < 1.29 is 13.9 Å². The van der Waals surface area contributed by atoms with Crippen molar-refractivity contribution >= 4 is 23.3 Å². The van der Waals surface area contributed by atoms with E-state index in [1.165, 1.54) is 17.8 Å². The number of hydrogen-bond donors (Lipinski definition) is 0. The molecule has 0 saturated carbocycles. The number of nitrogens with zero attached hydrogens (tertiary/aromatic N) is 2. The summed E-state index contributed by atoms with van der Waals surface area (Å²) in [6.07, 6.45) is 4.40. The molecule has 116 valence electrons. The zero-order valence-corrected chi connectivity index (χ0v) is 12.4. The molecule has 6 nitrogen and oxygen atoms in total. The minimum atomic E-state index is -0.467. The summed E-state index contributed by atoms with van der Waals surface area (Å²) in [6, 6.07) is 11.2. The Morgan fingerprint density at radius 2 is 2.13 bits per heavy atom. The van der Waals surface area contributed by atoms with Crippen molar-refractivity contribution in [2.45, 2.75) is 6.54 Å². The van der Waals surface area contributed by atoms with Crippen molar-refractivity contribution in [3.8, 4) is 0 Å². The summed E-state index contributed by atoms with van der Waals surface area (Å²) in [5.74, 6) is -0.932. The highest BCUT2D eigenvalue weighted by molar-refractivity contribution is 5.87. The summed E-state index contributed by atoms with van der Waals surface area (Å²) in [7, 11) is 1.30. The monoisotopic (exact) mass is 310 g/mol. The minimum Gasteiger partial charge on any atom is -0.466 e. The molecule has 0 aliphatic rings. The first kappa shape index (κ1) is 14.8. The van der Waals surface area contributed by atoms with Crippen LogP contribution in [0.1, 0.15) is 11.1 Å². The average Bonchev–Trinajstić information content (AvgIpc) is 2.88. The second kappa shape index (κ2) is 6.31. The van der Waals surface area contributed by atoms with Gasteiger partial charge in [0.15, 0.2) is 11.2 Å². The molecule has 0 fully saturated rings. The number of ether oxygens (including phenoxy) is 1. The first-order chi connectivity index (χ1) is 11.2. The number of rotatable bonds is 4. The second-order valence-corrected chi connectivity index (χ2v) is 4.89. The van der Waals surface area contributed by atoms with Gasteiger partial charge in [0.2, 0.25) is 0 Å². The molecular formula is C17H14N2O4. The normalized spacial score (nSPS) is 11.2. The lowest BCUT2D eigenvalue weighted by atomic mass is 10.2. The second-order valence-electron chi connectivity index (χ2n) is 4.89. The van der Waals surface area contributed by atoms with Crippen LogP contribution < -0.4 is 5.76 Å². The zero-order chi connectivity index (χ0) is 16.2. The molecule has 1 aromatic carbocycles. The van der Waals surface area contributed by atoms with Gasteiger partial charge in [-0.1, -0.05) is 30.3 Å². The number of methoxy groups -OCH3 is 1. The van der Waals surface area contributed by atoms with Gasteiger partial charge in [-0.05, 0) is 23.3 Å². The Balaban J connectivity index is 1.95. The molecule has 6 heteroatoms. The molecule has 23 heavy (non-hydrogen) atoms. The molecule has 0 saturated heterocycles.